The normalized spacial score (nSPS) is 14.1. The van der Waals surface area contributed by atoms with Crippen molar-refractivity contribution in [2.24, 2.45) is 4.99 Å². The standard InChI is InChI=1S/C46H30N8S/c1-3-15-39-33(11-1)35-25-29(19-21-41(35)53(39)43-17-5-13-37(49-43)31-9-7-23-47-27-31)45-51-52-46(55-45)30-20-22-42-36(26-30)34-12-2-4-16-40(34)54(42)44-18-6-14-38(50-44)32-10-8-24-48-28-32/h1-27,32H,28H2. The van der Waals surface area contributed by atoms with Crippen LogP contribution in [0.5, 0.6) is 0 Å². The van der Waals surface area contributed by atoms with Crippen LogP contribution in [0.4, 0.5) is 0 Å². The molecule has 0 spiro atoms. The Hall–Kier alpha value is -7.10. The molecule has 11 rings (SSSR count). The van der Waals surface area contributed by atoms with E-state index in [1.165, 1.54) is 5.39 Å². The van der Waals surface area contributed by atoms with E-state index >= 15 is 0 Å². The fraction of sp³-hybridized carbons (Fsp3) is 0.0435. The number of pyridine rings is 3. The van der Waals surface area contributed by atoms with Gasteiger partial charge in [0.2, 0.25) is 0 Å². The molecule has 0 N–H and O–H groups in total. The van der Waals surface area contributed by atoms with E-state index in [2.05, 4.69) is 140 Å². The van der Waals surface area contributed by atoms with Crippen LogP contribution in [0, 0.1) is 0 Å². The Morgan fingerprint density at radius 1 is 0.545 bits per heavy atom. The van der Waals surface area contributed by atoms with Crippen molar-refractivity contribution in [1.82, 2.24) is 34.3 Å². The highest BCUT2D eigenvalue weighted by molar-refractivity contribution is 7.17. The zero-order valence-electron chi connectivity index (χ0n) is 29.4. The summed E-state index contributed by atoms with van der Waals surface area (Å²) in [6.07, 6.45) is 9.66. The fourth-order valence-corrected chi connectivity index (χ4v) is 8.66. The first kappa shape index (κ1) is 31.4. The van der Waals surface area contributed by atoms with Crippen LogP contribution in [0.1, 0.15) is 11.6 Å². The Balaban J connectivity index is 0.976. The van der Waals surface area contributed by atoms with Crippen molar-refractivity contribution in [1.29, 1.82) is 0 Å². The first-order chi connectivity index (χ1) is 27.3. The fourth-order valence-electron chi connectivity index (χ4n) is 7.83. The van der Waals surface area contributed by atoms with E-state index in [1.807, 2.05) is 36.7 Å². The van der Waals surface area contributed by atoms with Crippen LogP contribution in [0.15, 0.2) is 163 Å². The van der Waals surface area contributed by atoms with Crippen molar-refractivity contribution in [3.63, 3.8) is 0 Å². The molecule has 0 bridgehead atoms. The van der Waals surface area contributed by atoms with Gasteiger partial charge in [-0.2, -0.15) is 0 Å². The van der Waals surface area contributed by atoms with Gasteiger partial charge >= 0.3 is 0 Å². The maximum atomic E-state index is 5.14. The smallest absolute Gasteiger partial charge is 0.148 e. The van der Waals surface area contributed by atoms with Gasteiger partial charge in [-0.3, -0.25) is 19.1 Å². The van der Waals surface area contributed by atoms with Gasteiger partial charge in [0.25, 0.3) is 0 Å². The number of nitrogens with zero attached hydrogens (tertiary/aromatic N) is 8. The van der Waals surface area contributed by atoms with Gasteiger partial charge in [0, 0.05) is 62.8 Å². The summed E-state index contributed by atoms with van der Waals surface area (Å²) in [6.45, 7) is 0.712. The van der Waals surface area contributed by atoms with Gasteiger partial charge in [-0.15, -0.1) is 10.2 Å². The molecule has 0 aliphatic carbocycles. The lowest BCUT2D eigenvalue weighted by molar-refractivity contribution is 0.805. The maximum absolute atomic E-state index is 5.14. The Morgan fingerprint density at radius 3 is 1.82 bits per heavy atom. The number of aromatic nitrogens is 7. The molecule has 10 aromatic rings. The number of fused-ring (bicyclic) bond motifs is 6. The van der Waals surface area contributed by atoms with Crippen molar-refractivity contribution in [3.8, 4) is 44.0 Å². The summed E-state index contributed by atoms with van der Waals surface area (Å²) in [6, 6.07) is 46.5. The lowest BCUT2D eigenvalue weighted by atomic mass is 10.0. The van der Waals surface area contributed by atoms with Crippen LogP contribution in [0.3, 0.4) is 0 Å². The number of allylic oxidation sites excluding steroid dienone is 1. The quantitative estimate of drug-likeness (QED) is 0.170. The summed E-state index contributed by atoms with van der Waals surface area (Å²) in [5.74, 6) is 1.92. The van der Waals surface area contributed by atoms with Crippen LogP contribution in [-0.2, 0) is 0 Å². The Kier molecular flexibility index (Phi) is 7.31. The second-order valence-electron chi connectivity index (χ2n) is 13.6. The largest absolute Gasteiger partial charge is 0.294 e. The minimum absolute atomic E-state index is 0.169. The number of rotatable bonds is 6. The molecular formula is C46H30N8S. The number of hydrogen-bond acceptors (Lipinski definition) is 7. The van der Waals surface area contributed by atoms with E-state index < -0.39 is 0 Å². The van der Waals surface area contributed by atoms with Gasteiger partial charge in [0.15, 0.2) is 0 Å². The van der Waals surface area contributed by atoms with Crippen molar-refractivity contribution in [2.45, 2.75) is 5.92 Å². The van der Waals surface area contributed by atoms with Crippen LogP contribution in [0.25, 0.3) is 87.6 Å². The summed E-state index contributed by atoms with van der Waals surface area (Å²) < 4.78 is 4.49. The minimum Gasteiger partial charge on any atom is -0.294 e. The average molecular weight is 727 g/mol. The Labute approximate surface area is 319 Å². The van der Waals surface area contributed by atoms with Crippen LogP contribution < -0.4 is 0 Å². The molecule has 55 heavy (non-hydrogen) atoms. The molecule has 4 aromatic carbocycles. The van der Waals surface area contributed by atoms with E-state index in [-0.39, 0.29) is 5.92 Å². The lowest BCUT2D eigenvalue weighted by Crippen LogP contribution is -2.07. The van der Waals surface area contributed by atoms with E-state index in [4.69, 9.17) is 20.2 Å². The van der Waals surface area contributed by atoms with Crippen molar-refractivity contribution < 1.29 is 0 Å². The number of dihydropyridines is 1. The van der Waals surface area contributed by atoms with Crippen LogP contribution >= 0.6 is 11.3 Å². The summed E-state index contributed by atoms with van der Waals surface area (Å²) in [4.78, 5) is 19.0. The highest BCUT2D eigenvalue weighted by Gasteiger charge is 2.19. The molecule has 0 fully saturated rings. The number of aliphatic imine (C=N–C) groups is 1. The highest BCUT2D eigenvalue weighted by Crippen LogP contribution is 2.39. The SMILES string of the molecule is C1=CC(c2cccc(-n3c4ccccc4c4cc(-c5nnc(-c6ccc7c(c6)c6ccccc6n7-c6cccc(-c7cccnc7)n6)s5)ccc43)n2)CN=C1. The van der Waals surface area contributed by atoms with Gasteiger partial charge in [-0.1, -0.05) is 65.9 Å². The molecular weight excluding hydrogens is 697 g/mol. The van der Waals surface area contributed by atoms with Crippen molar-refractivity contribution >= 4 is 61.2 Å². The third-order valence-corrected chi connectivity index (χ3v) is 11.4. The summed E-state index contributed by atoms with van der Waals surface area (Å²) >= 11 is 1.61. The van der Waals surface area contributed by atoms with Crippen molar-refractivity contribution in [3.05, 3.63) is 164 Å². The summed E-state index contributed by atoms with van der Waals surface area (Å²) in [7, 11) is 0. The number of benzene rings is 4. The third-order valence-electron chi connectivity index (χ3n) is 10.4. The first-order valence-electron chi connectivity index (χ1n) is 18.2. The molecule has 6 aromatic heterocycles. The molecule has 0 saturated carbocycles. The zero-order valence-corrected chi connectivity index (χ0v) is 30.2. The molecule has 1 aliphatic rings. The molecule has 0 radical (unpaired) electrons. The Morgan fingerprint density at radius 2 is 1.18 bits per heavy atom. The average Bonchev–Trinajstić information content (AvgIpc) is 3.97. The summed E-state index contributed by atoms with van der Waals surface area (Å²) in [5.41, 5.74) is 9.32. The van der Waals surface area contributed by atoms with Gasteiger partial charge in [0.05, 0.1) is 40.0 Å². The van der Waals surface area contributed by atoms with E-state index in [9.17, 15) is 0 Å². The van der Waals surface area contributed by atoms with E-state index in [0.717, 1.165) is 88.0 Å². The van der Waals surface area contributed by atoms with E-state index in [0.29, 0.717) is 6.54 Å². The van der Waals surface area contributed by atoms with E-state index in [1.54, 1.807) is 17.5 Å². The molecule has 9 heteroatoms. The second kappa shape index (κ2) is 12.8. The highest BCUT2D eigenvalue weighted by atomic mass is 32.1. The lowest BCUT2D eigenvalue weighted by Gasteiger charge is -2.14. The molecule has 0 amide bonds. The predicted molar refractivity (Wildman–Crippen MR) is 224 cm³/mol. The molecule has 0 saturated heterocycles. The summed E-state index contributed by atoms with van der Waals surface area (Å²) in [5, 5.41) is 15.8. The second-order valence-corrected chi connectivity index (χ2v) is 14.6. The first-order valence-corrected chi connectivity index (χ1v) is 19.0. The predicted octanol–water partition coefficient (Wildman–Crippen LogP) is 10.6. The van der Waals surface area contributed by atoms with Crippen molar-refractivity contribution in [2.75, 3.05) is 6.54 Å². The molecule has 260 valence electrons. The minimum atomic E-state index is 0.169. The maximum Gasteiger partial charge on any atom is 0.148 e. The third kappa shape index (κ3) is 5.27. The topological polar surface area (TPSA) is 86.7 Å². The van der Waals surface area contributed by atoms with Gasteiger partial charge in [-0.05, 0) is 91.0 Å². The van der Waals surface area contributed by atoms with Gasteiger partial charge in [0.1, 0.15) is 21.7 Å². The number of hydrogen-bond donors (Lipinski definition) is 0. The van der Waals surface area contributed by atoms with Gasteiger partial charge < -0.3 is 0 Å². The molecule has 7 heterocycles. The molecule has 8 nitrogen and oxygen atoms in total. The monoisotopic (exact) mass is 726 g/mol. The van der Waals surface area contributed by atoms with Crippen LogP contribution in [0.2, 0.25) is 0 Å². The Bertz CT molecular complexity index is 3150. The number of para-hydroxylation sites is 2. The van der Waals surface area contributed by atoms with Crippen LogP contribution in [-0.4, -0.2) is 47.0 Å². The zero-order chi connectivity index (χ0) is 36.3. The molecule has 1 unspecified atom stereocenters. The molecule has 1 aliphatic heterocycles. The molecule has 1 atom stereocenters. The van der Waals surface area contributed by atoms with Gasteiger partial charge in [-0.25, -0.2) is 9.97 Å².